The van der Waals surface area contributed by atoms with Crippen molar-refractivity contribution in [2.24, 2.45) is 0 Å². The Labute approximate surface area is 161 Å². The SMILES string of the molecule is CC(C)(C)c1ccc(C(=O)NCc2cccc(C(=O)N3CCCC3)c2)cc1. The number of benzene rings is 2. The van der Waals surface area contributed by atoms with Gasteiger partial charge in [-0.3, -0.25) is 9.59 Å². The summed E-state index contributed by atoms with van der Waals surface area (Å²) >= 11 is 0. The molecule has 4 nitrogen and oxygen atoms in total. The van der Waals surface area contributed by atoms with Crippen LogP contribution < -0.4 is 5.32 Å². The van der Waals surface area contributed by atoms with Gasteiger partial charge < -0.3 is 10.2 Å². The number of nitrogens with one attached hydrogen (secondary N) is 1. The maximum atomic E-state index is 12.5. The third kappa shape index (κ3) is 4.76. The minimum atomic E-state index is -0.105. The Morgan fingerprint density at radius 1 is 0.963 bits per heavy atom. The number of carbonyl (C=O) groups excluding carboxylic acids is 2. The molecule has 0 aliphatic carbocycles. The van der Waals surface area contributed by atoms with Gasteiger partial charge in [0.15, 0.2) is 0 Å². The van der Waals surface area contributed by atoms with Crippen molar-refractivity contribution in [2.45, 2.75) is 45.6 Å². The van der Waals surface area contributed by atoms with Crippen molar-refractivity contribution in [3.63, 3.8) is 0 Å². The molecule has 0 saturated carbocycles. The highest BCUT2D eigenvalue weighted by atomic mass is 16.2. The Balaban J connectivity index is 1.62. The zero-order valence-electron chi connectivity index (χ0n) is 16.4. The molecule has 0 radical (unpaired) electrons. The van der Waals surface area contributed by atoms with Crippen molar-refractivity contribution in [2.75, 3.05) is 13.1 Å². The van der Waals surface area contributed by atoms with E-state index in [2.05, 4.69) is 26.1 Å². The average molecular weight is 364 g/mol. The maximum absolute atomic E-state index is 12.5. The fourth-order valence-electron chi connectivity index (χ4n) is 3.32. The molecule has 0 atom stereocenters. The van der Waals surface area contributed by atoms with E-state index in [-0.39, 0.29) is 17.2 Å². The van der Waals surface area contributed by atoms with E-state index < -0.39 is 0 Å². The van der Waals surface area contributed by atoms with Crippen molar-refractivity contribution in [3.05, 3.63) is 70.8 Å². The molecular weight excluding hydrogens is 336 g/mol. The van der Waals surface area contributed by atoms with Crippen LogP contribution in [0.5, 0.6) is 0 Å². The third-order valence-electron chi connectivity index (χ3n) is 5.03. The van der Waals surface area contributed by atoms with Crippen LogP contribution in [-0.4, -0.2) is 29.8 Å². The first-order valence-corrected chi connectivity index (χ1v) is 9.61. The minimum absolute atomic E-state index is 0.0668. The summed E-state index contributed by atoms with van der Waals surface area (Å²) in [4.78, 5) is 26.8. The molecule has 3 rings (SSSR count). The van der Waals surface area contributed by atoms with Crippen molar-refractivity contribution < 1.29 is 9.59 Å². The van der Waals surface area contributed by atoms with Gasteiger partial charge in [0.25, 0.3) is 11.8 Å². The molecule has 2 aromatic rings. The van der Waals surface area contributed by atoms with Gasteiger partial charge in [0.1, 0.15) is 0 Å². The molecule has 1 N–H and O–H groups in total. The van der Waals surface area contributed by atoms with Gasteiger partial charge in [0.2, 0.25) is 0 Å². The molecule has 2 amide bonds. The lowest BCUT2D eigenvalue weighted by molar-refractivity contribution is 0.0792. The van der Waals surface area contributed by atoms with Crippen LogP contribution in [0.3, 0.4) is 0 Å². The maximum Gasteiger partial charge on any atom is 0.253 e. The quantitative estimate of drug-likeness (QED) is 0.886. The molecule has 0 unspecified atom stereocenters. The smallest absolute Gasteiger partial charge is 0.253 e. The molecule has 0 spiro atoms. The van der Waals surface area contributed by atoms with Gasteiger partial charge in [-0.25, -0.2) is 0 Å². The molecule has 0 bridgehead atoms. The molecule has 1 heterocycles. The van der Waals surface area contributed by atoms with E-state index in [4.69, 9.17) is 0 Å². The van der Waals surface area contributed by atoms with Gasteiger partial charge in [-0.2, -0.15) is 0 Å². The van der Waals surface area contributed by atoms with E-state index in [1.165, 1.54) is 5.56 Å². The molecule has 27 heavy (non-hydrogen) atoms. The molecular formula is C23H28N2O2. The molecule has 142 valence electrons. The first-order chi connectivity index (χ1) is 12.8. The second-order valence-corrected chi connectivity index (χ2v) is 8.21. The third-order valence-corrected chi connectivity index (χ3v) is 5.03. The first kappa shape index (κ1) is 19.2. The lowest BCUT2D eigenvalue weighted by Gasteiger charge is -2.19. The highest BCUT2D eigenvalue weighted by Gasteiger charge is 2.19. The van der Waals surface area contributed by atoms with E-state index in [9.17, 15) is 9.59 Å². The van der Waals surface area contributed by atoms with E-state index in [0.29, 0.717) is 17.7 Å². The number of hydrogen-bond acceptors (Lipinski definition) is 2. The summed E-state index contributed by atoms with van der Waals surface area (Å²) in [6, 6.07) is 15.3. The second-order valence-electron chi connectivity index (χ2n) is 8.21. The monoisotopic (exact) mass is 364 g/mol. The predicted octanol–water partition coefficient (Wildman–Crippen LogP) is 4.15. The lowest BCUT2D eigenvalue weighted by atomic mass is 9.87. The van der Waals surface area contributed by atoms with E-state index >= 15 is 0 Å². The molecule has 0 aromatic heterocycles. The van der Waals surface area contributed by atoms with Crippen molar-refractivity contribution >= 4 is 11.8 Å². The largest absolute Gasteiger partial charge is 0.348 e. The summed E-state index contributed by atoms with van der Waals surface area (Å²) in [5.41, 5.74) is 3.54. The normalized spacial score (nSPS) is 14.3. The fraction of sp³-hybridized carbons (Fsp3) is 0.391. The summed E-state index contributed by atoms with van der Waals surface area (Å²) in [6.07, 6.45) is 2.16. The molecule has 1 saturated heterocycles. The summed E-state index contributed by atoms with van der Waals surface area (Å²) in [5, 5.41) is 2.95. The van der Waals surface area contributed by atoms with Gasteiger partial charge >= 0.3 is 0 Å². The molecule has 4 heteroatoms. The van der Waals surface area contributed by atoms with Gasteiger partial charge in [0, 0.05) is 30.8 Å². The Kier molecular flexibility index (Phi) is 5.64. The number of rotatable bonds is 4. The van der Waals surface area contributed by atoms with Crippen LogP contribution in [0, 0.1) is 0 Å². The zero-order chi connectivity index (χ0) is 19.4. The highest BCUT2D eigenvalue weighted by Crippen LogP contribution is 2.22. The Morgan fingerprint density at radius 3 is 2.26 bits per heavy atom. The van der Waals surface area contributed by atoms with E-state index in [1.807, 2.05) is 53.4 Å². The Morgan fingerprint density at radius 2 is 1.63 bits per heavy atom. The van der Waals surface area contributed by atoms with Crippen LogP contribution in [0.2, 0.25) is 0 Å². The number of nitrogens with zero attached hydrogens (tertiary/aromatic N) is 1. The minimum Gasteiger partial charge on any atom is -0.348 e. The molecule has 1 aliphatic heterocycles. The van der Waals surface area contributed by atoms with Gasteiger partial charge in [0.05, 0.1) is 0 Å². The standard InChI is InChI=1S/C23H28N2O2/c1-23(2,3)20-11-9-18(10-12-20)21(26)24-16-17-7-6-8-19(15-17)22(27)25-13-4-5-14-25/h6-12,15H,4-5,13-14,16H2,1-3H3,(H,24,26). The second kappa shape index (κ2) is 7.95. The van der Waals surface area contributed by atoms with E-state index in [1.54, 1.807) is 0 Å². The van der Waals surface area contributed by atoms with Crippen LogP contribution in [0.25, 0.3) is 0 Å². The summed E-state index contributed by atoms with van der Waals surface area (Å²) < 4.78 is 0. The Hall–Kier alpha value is -2.62. The number of amides is 2. The number of hydrogen-bond donors (Lipinski definition) is 1. The predicted molar refractivity (Wildman–Crippen MR) is 108 cm³/mol. The lowest BCUT2D eigenvalue weighted by Crippen LogP contribution is -2.28. The number of likely N-dealkylation sites (tertiary alicyclic amines) is 1. The van der Waals surface area contributed by atoms with Crippen LogP contribution in [0.1, 0.15) is 65.5 Å². The zero-order valence-corrected chi connectivity index (χ0v) is 16.4. The van der Waals surface area contributed by atoms with Crippen molar-refractivity contribution in [1.82, 2.24) is 10.2 Å². The van der Waals surface area contributed by atoms with Gasteiger partial charge in [-0.05, 0) is 53.6 Å². The molecule has 1 aliphatic rings. The summed E-state index contributed by atoms with van der Waals surface area (Å²) in [6.45, 7) is 8.53. The van der Waals surface area contributed by atoms with Crippen molar-refractivity contribution in [3.8, 4) is 0 Å². The average Bonchev–Trinajstić information content (AvgIpc) is 3.20. The molecule has 1 fully saturated rings. The van der Waals surface area contributed by atoms with E-state index in [0.717, 1.165) is 31.5 Å². The van der Waals surface area contributed by atoms with Crippen molar-refractivity contribution in [1.29, 1.82) is 0 Å². The van der Waals surface area contributed by atoms with Gasteiger partial charge in [-0.1, -0.05) is 45.0 Å². The summed E-state index contributed by atoms with van der Waals surface area (Å²) in [7, 11) is 0. The fourth-order valence-corrected chi connectivity index (χ4v) is 3.32. The van der Waals surface area contributed by atoms with Crippen LogP contribution in [0.15, 0.2) is 48.5 Å². The molecule has 2 aromatic carbocycles. The van der Waals surface area contributed by atoms with Crippen LogP contribution in [0.4, 0.5) is 0 Å². The topological polar surface area (TPSA) is 49.4 Å². The van der Waals surface area contributed by atoms with Crippen LogP contribution >= 0.6 is 0 Å². The highest BCUT2D eigenvalue weighted by molar-refractivity contribution is 5.95. The Bertz CT molecular complexity index is 813. The number of carbonyl (C=O) groups is 2. The van der Waals surface area contributed by atoms with Gasteiger partial charge in [-0.15, -0.1) is 0 Å². The van der Waals surface area contributed by atoms with Crippen LogP contribution in [-0.2, 0) is 12.0 Å². The first-order valence-electron chi connectivity index (χ1n) is 9.61. The summed E-state index contributed by atoms with van der Waals surface area (Å²) in [5.74, 6) is -0.0230.